The van der Waals surface area contributed by atoms with Crippen molar-refractivity contribution < 1.29 is 4.58 Å². The maximum atomic E-state index is 2.51. The molecule has 6 rings (SSSR count). The Morgan fingerprint density at radius 2 is 1.11 bits per heavy atom. The van der Waals surface area contributed by atoms with E-state index < -0.39 is 0 Å². The fraction of sp³-hybridized carbons (Fsp3) is 0.139. The first-order valence-electron chi connectivity index (χ1n) is 13.4. The quantitative estimate of drug-likeness (QED) is 0.221. The van der Waals surface area contributed by atoms with Crippen molar-refractivity contribution in [2.75, 3.05) is 4.90 Å². The van der Waals surface area contributed by atoms with Gasteiger partial charge in [-0.2, -0.15) is 0 Å². The highest BCUT2D eigenvalue weighted by Gasteiger charge is 2.47. The van der Waals surface area contributed by atoms with E-state index in [9.17, 15) is 0 Å². The van der Waals surface area contributed by atoms with Crippen LogP contribution in [0.4, 0.5) is 11.4 Å². The summed E-state index contributed by atoms with van der Waals surface area (Å²) in [5.74, 6) is 0. The van der Waals surface area contributed by atoms with Crippen LogP contribution in [0.15, 0.2) is 127 Å². The summed E-state index contributed by atoms with van der Waals surface area (Å²) in [6.45, 7) is 6.66. The smallest absolute Gasteiger partial charge is 0.221 e. The van der Waals surface area contributed by atoms with Crippen molar-refractivity contribution in [2.45, 2.75) is 32.9 Å². The lowest BCUT2D eigenvalue weighted by molar-refractivity contribution is -0.482. The van der Waals surface area contributed by atoms with E-state index in [1.165, 1.54) is 50.3 Å². The average molecular weight is 494 g/mol. The molecule has 5 aromatic carbocycles. The van der Waals surface area contributed by atoms with Crippen molar-refractivity contribution in [3.63, 3.8) is 0 Å². The van der Waals surface area contributed by atoms with E-state index in [1.807, 2.05) is 0 Å². The van der Waals surface area contributed by atoms with Crippen LogP contribution in [-0.4, -0.2) is 10.9 Å². The standard InChI is InChI=1S/C36H33N2/c1-26-23-27(2)34(28(3)24-26)38-25-37(33-22-14-13-21-32(33)29-15-7-4-8-16-29)35(30-17-9-5-10-18-30)36(38)31-19-11-6-12-20-31/h4-25,35-36H,1-3H3/q+1/t35-,36-/m0/s1. The molecule has 0 spiro atoms. The van der Waals surface area contributed by atoms with E-state index in [0.717, 1.165) is 0 Å². The molecule has 1 aliphatic rings. The molecule has 0 fully saturated rings. The average Bonchev–Trinajstić information content (AvgIpc) is 3.34. The number of hydrogen-bond donors (Lipinski definition) is 0. The molecule has 0 unspecified atom stereocenters. The lowest BCUT2D eigenvalue weighted by Gasteiger charge is -2.26. The molecule has 0 bridgehead atoms. The zero-order valence-corrected chi connectivity index (χ0v) is 22.3. The zero-order valence-electron chi connectivity index (χ0n) is 22.3. The molecule has 1 heterocycles. The summed E-state index contributed by atoms with van der Waals surface area (Å²) in [6, 6.07) is 46.2. The number of hydrogen-bond acceptors (Lipinski definition) is 1. The molecule has 0 aromatic heterocycles. The van der Waals surface area contributed by atoms with Gasteiger partial charge < -0.3 is 0 Å². The fourth-order valence-corrected chi connectivity index (χ4v) is 6.12. The number of benzene rings is 5. The second-order valence-corrected chi connectivity index (χ2v) is 10.3. The number of anilines is 1. The third-order valence-corrected chi connectivity index (χ3v) is 7.59. The molecule has 2 heteroatoms. The summed E-state index contributed by atoms with van der Waals surface area (Å²) < 4.78 is 2.51. The first kappa shape index (κ1) is 23.9. The van der Waals surface area contributed by atoms with Crippen LogP contribution >= 0.6 is 0 Å². The Hall–Kier alpha value is -4.43. The minimum Gasteiger partial charge on any atom is -0.221 e. The van der Waals surface area contributed by atoms with Crippen molar-refractivity contribution in [3.8, 4) is 11.1 Å². The first-order valence-corrected chi connectivity index (χ1v) is 13.4. The molecule has 2 atom stereocenters. The van der Waals surface area contributed by atoms with Gasteiger partial charge in [-0.05, 0) is 43.5 Å². The molecule has 186 valence electrons. The lowest BCUT2D eigenvalue weighted by atomic mass is 9.91. The topological polar surface area (TPSA) is 6.25 Å². The maximum absolute atomic E-state index is 2.51. The van der Waals surface area contributed by atoms with Crippen molar-refractivity contribution >= 4 is 17.7 Å². The van der Waals surface area contributed by atoms with Crippen LogP contribution < -0.4 is 4.90 Å². The van der Waals surface area contributed by atoms with Gasteiger partial charge >= 0.3 is 0 Å². The van der Waals surface area contributed by atoms with E-state index in [-0.39, 0.29) is 12.1 Å². The van der Waals surface area contributed by atoms with Gasteiger partial charge in [-0.1, -0.05) is 127 Å². The Kier molecular flexibility index (Phi) is 6.39. The Bertz CT molecular complexity index is 1560. The highest BCUT2D eigenvalue weighted by Crippen LogP contribution is 2.48. The lowest BCUT2D eigenvalue weighted by Crippen LogP contribution is -2.26. The third-order valence-electron chi connectivity index (χ3n) is 7.59. The molecular weight excluding hydrogens is 460 g/mol. The van der Waals surface area contributed by atoms with Gasteiger partial charge in [0.25, 0.3) is 0 Å². The SMILES string of the molecule is Cc1cc(C)c([N+]2=CN(c3ccccc3-c3ccccc3)[C@@H](c3ccccc3)[C@@H]2c2ccccc2)c(C)c1. The Labute approximate surface area is 226 Å². The van der Waals surface area contributed by atoms with Gasteiger partial charge in [0.2, 0.25) is 6.34 Å². The maximum Gasteiger partial charge on any atom is 0.245 e. The van der Waals surface area contributed by atoms with E-state index in [0.29, 0.717) is 0 Å². The minimum atomic E-state index is 0.0866. The zero-order chi connectivity index (χ0) is 26.1. The van der Waals surface area contributed by atoms with Crippen LogP contribution in [0.2, 0.25) is 0 Å². The van der Waals surface area contributed by atoms with Crippen molar-refractivity contribution in [1.29, 1.82) is 0 Å². The molecule has 0 radical (unpaired) electrons. The predicted octanol–water partition coefficient (Wildman–Crippen LogP) is 8.95. The molecule has 0 N–H and O–H groups in total. The van der Waals surface area contributed by atoms with Gasteiger partial charge in [-0.15, -0.1) is 0 Å². The second-order valence-electron chi connectivity index (χ2n) is 10.3. The highest BCUT2D eigenvalue weighted by molar-refractivity contribution is 5.90. The van der Waals surface area contributed by atoms with E-state index >= 15 is 0 Å². The fourth-order valence-electron chi connectivity index (χ4n) is 6.12. The van der Waals surface area contributed by atoms with Crippen LogP contribution in [-0.2, 0) is 0 Å². The van der Waals surface area contributed by atoms with Gasteiger partial charge in [-0.3, -0.25) is 0 Å². The summed E-state index contributed by atoms with van der Waals surface area (Å²) >= 11 is 0. The number of aryl methyl sites for hydroxylation is 3. The largest absolute Gasteiger partial charge is 0.245 e. The molecule has 2 nitrogen and oxygen atoms in total. The van der Waals surface area contributed by atoms with Crippen molar-refractivity contribution in [3.05, 3.63) is 155 Å². The highest BCUT2D eigenvalue weighted by atomic mass is 15.3. The first-order chi connectivity index (χ1) is 18.6. The molecule has 0 aliphatic carbocycles. The van der Waals surface area contributed by atoms with Crippen LogP contribution in [0, 0.1) is 20.8 Å². The summed E-state index contributed by atoms with van der Waals surface area (Å²) in [6.07, 6.45) is 2.35. The van der Waals surface area contributed by atoms with Crippen molar-refractivity contribution in [1.82, 2.24) is 0 Å². The monoisotopic (exact) mass is 493 g/mol. The summed E-state index contributed by atoms with van der Waals surface area (Å²) in [4.78, 5) is 2.49. The molecule has 38 heavy (non-hydrogen) atoms. The Morgan fingerprint density at radius 3 is 1.74 bits per heavy atom. The number of rotatable bonds is 5. The van der Waals surface area contributed by atoms with Gasteiger partial charge in [0, 0.05) is 16.7 Å². The van der Waals surface area contributed by atoms with Crippen LogP contribution in [0.3, 0.4) is 0 Å². The Balaban J connectivity index is 1.63. The summed E-state index contributed by atoms with van der Waals surface area (Å²) in [5.41, 5.74) is 11.4. The summed E-state index contributed by atoms with van der Waals surface area (Å²) in [5, 5.41) is 0. The van der Waals surface area contributed by atoms with Gasteiger partial charge in [0.05, 0.1) is 0 Å². The van der Waals surface area contributed by atoms with Crippen LogP contribution in [0.1, 0.15) is 39.9 Å². The second kappa shape index (κ2) is 10.1. The molecule has 0 saturated heterocycles. The van der Waals surface area contributed by atoms with Crippen molar-refractivity contribution in [2.24, 2.45) is 0 Å². The molecule has 5 aromatic rings. The van der Waals surface area contributed by atoms with E-state index in [4.69, 9.17) is 0 Å². The third kappa shape index (κ3) is 4.33. The minimum absolute atomic E-state index is 0.0866. The van der Waals surface area contributed by atoms with Gasteiger partial charge in [-0.25, -0.2) is 9.48 Å². The normalized spacial score (nSPS) is 16.9. The summed E-state index contributed by atoms with van der Waals surface area (Å²) in [7, 11) is 0. The molecular formula is C36H33N2+. The van der Waals surface area contributed by atoms with Gasteiger partial charge in [0.15, 0.2) is 12.1 Å². The van der Waals surface area contributed by atoms with Crippen LogP contribution in [0.25, 0.3) is 11.1 Å². The number of nitrogens with zero attached hydrogens (tertiary/aromatic N) is 2. The molecule has 0 saturated carbocycles. The van der Waals surface area contributed by atoms with E-state index in [2.05, 4.69) is 164 Å². The molecule has 1 aliphatic heterocycles. The molecule has 0 amide bonds. The predicted molar refractivity (Wildman–Crippen MR) is 159 cm³/mol. The Morgan fingerprint density at radius 1 is 0.579 bits per heavy atom. The van der Waals surface area contributed by atoms with E-state index in [1.54, 1.807) is 0 Å². The van der Waals surface area contributed by atoms with Crippen LogP contribution in [0.5, 0.6) is 0 Å². The number of para-hydroxylation sites is 1. The van der Waals surface area contributed by atoms with Gasteiger partial charge in [0.1, 0.15) is 11.4 Å².